The zero-order valence-electron chi connectivity index (χ0n) is 15.8. The van der Waals surface area contributed by atoms with E-state index in [1.807, 2.05) is 23.9 Å². The fourth-order valence-electron chi connectivity index (χ4n) is 2.49. The molecule has 1 saturated heterocycles. The summed E-state index contributed by atoms with van der Waals surface area (Å²) in [7, 11) is 3.82. The van der Waals surface area contributed by atoms with Gasteiger partial charge in [0.15, 0.2) is 0 Å². The lowest BCUT2D eigenvalue weighted by atomic mass is 10.0. The van der Waals surface area contributed by atoms with Crippen LogP contribution in [0.1, 0.15) is 5.56 Å². The maximum Gasteiger partial charge on any atom is 0.573 e. The molecule has 1 aromatic rings. The van der Waals surface area contributed by atoms with E-state index in [-0.39, 0.29) is 11.7 Å². The highest BCUT2D eigenvalue weighted by molar-refractivity contribution is 5.96. The van der Waals surface area contributed by atoms with E-state index >= 15 is 0 Å². The van der Waals surface area contributed by atoms with Crippen LogP contribution in [-0.4, -0.2) is 62.3 Å². The highest BCUT2D eigenvalue weighted by Crippen LogP contribution is 2.26. The second kappa shape index (κ2) is 9.33. The number of ether oxygens (including phenoxy) is 1. The molecular weight excluding hydrogens is 371 g/mol. The first kappa shape index (κ1) is 21.4. The normalized spacial score (nSPS) is 15.9. The van der Waals surface area contributed by atoms with Crippen LogP contribution in [0.5, 0.6) is 5.75 Å². The Kier molecular flexibility index (Phi) is 7.12. The van der Waals surface area contributed by atoms with Crippen molar-refractivity contribution in [1.82, 2.24) is 15.1 Å². The van der Waals surface area contributed by atoms with E-state index in [0.29, 0.717) is 43.0 Å². The highest BCUT2D eigenvalue weighted by Gasteiger charge is 2.31. The van der Waals surface area contributed by atoms with E-state index in [2.05, 4.69) is 28.5 Å². The van der Waals surface area contributed by atoms with Crippen LogP contribution in [0.4, 0.5) is 13.2 Å². The minimum absolute atomic E-state index is 0.274. The third kappa shape index (κ3) is 6.67. The van der Waals surface area contributed by atoms with Crippen molar-refractivity contribution in [3.05, 3.63) is 48.2 Å². The number of amides is 1. The molecule has 28 heavy (non-hydrogen) atoms. The van der Waals surface area contributed by atoms with Crippen LogP contribution in [0.25, 0.3) is 5.57 Å². The number of nitrogens with one attached hydrogen (secondary N) is 1. The summed E-state index contributed by atoms with van der Waals surface area (Å²) < 4.78 is 41.2. The minimum atomic E-state index is -4.77. The fraction of sp³-hybridized carbons (Fsp3) is 0.350. The molecule has 0 atom stereocenters. The fourth-order valence-corrected chi connectivity index (χ4v) is 2.49. The highest BCUT2D eigenvalue weighted by atomic mass is 19.4. The van der Waals surface area contributed by atoms with Crippen LogP contribution in [0.15, 0.2) is 42.6 Å². The topological polar surface area (TPSA) is 44.8 Å². The van der Waals surface area contributed by atoms with E-state index in [4.69, 9.17) is 0 Å². The summed E-state index contributed by atoms with van der Waals surface area (Å²) >= 11 is 0. The lowest BCUT2D eigenvalue weighted by molar-refractivity contribution is -0.274. The van der Waals surface area contributed by atoms with Crippen molar-refractivity contribution in [2.75, 3.05) is 40.3 Å². The van der Waals surface area contributed by atoms with Gasteiger partial charge in [-0.2, -0.15) is 0 Å². The van der Waals surface area contributed by atoms with Crippen LogP contribution in [-0.2, 0) is 4.79 Å². The second-order valence-electron chi connectivity index (χ2n) is 6.40. The van der Waals surface area contributed by atoms with Crippen LogP contribution < -0.4 is 10.1 Å². The van der Waals surface area contributed by atoms with Gasteiger partial charge in [-0.05, 0) is 43.4 Å². The lowest BCUT2D eigenvalue weighted by Crippen LogP contribution is -2.45. The van der Waals surface area contributed by atoms with Gasteiger partial charge in [-0.1, -0.05) is 30.6 Å². The molecule has 0 spiro atoms. The van der Waals surface area contributed by atoms with E-state index in [1.54, 1.807) is 12.1 Å². The SMILES string of the molecule is C=C(/C=C1/C(=O)NCCN1CC#CCN(C)C)c1cccc(OC(F)(F)F)c1. The van der Waals surface area contributed by atoms with Crippen molar-refractivity contribution < 1.29 is 22.7 Å². The minimum Gasteiger partial charge on any atom is -0.406 e. The van der Waals surface area contributed by atoms with Gasteiger partial charge in [-0.15, -0.1) is 13.2 Å². The molecule has 150 valence electrons. The van der Waals surface area contributed by atoms with Gasteiger partial charge in [0.1, 0.15) is 11.4 Å². The summed E-state index contributed by atoms with van der Waals surface area (Å²) in [6, 6.07) is 5.47. The van der Waals surface area contributed by atoms with Gasteiger partial charge >= 0.3 is 6.36 Å². The van der Waals surface area contributed by atoms with E-state index in [9.17, 15) is 18.0 Å². The number of nitrogens with zero attached hydrogens (tertiary/aromatic N) is 2. The van der Waals surface area contributed by atoms with Crippen molar-refractivity contribution in [2.24, 2.45) is 0 Å². The summed E-state index contributed by atoms with van der Waals surface area (Å²) in [5.74, 6) is 5.42. The zero-order valence-corrected chi connectivity index (χ0v) is 15.8. The molecule has 1 N–H and O–H groups in total. The molecule has 0 bridgehead atoms. The molecule has 1 aromatic carbocycles. The molecule has 5 nitrogen and oxygen atoms in total. The Morgan fingerprint density at radius 3 is 2.82 bits per heavy atom. The molecule has 0 aromatic heterocycles. The molecule has 0 saturated carbocycles. The molecule has 1 aliphatic rings. The molecule has 2 rings (SSSR count). The second-order valence-corrected chi connectivity index (χ2v) is 6.40. The average molecular weight is 393 g/mol. The van der Waals surface area contributed by atoms with Crippen molar-refractivity contribution in [3.63, 3.8) is 0 Å². The number of hydrogen-bond acceptors (Lipinski definition) is 4. The maximum atomic E-state index is 12.4. The first-order chi connectivity index (χ1) is 13.2. The number of carbonyl (C=O) groups is 1. The first-order valence-corrected chi connectivity index (χ1v) is 8.56. The van der Waals surface area contributed by atoms with Gasteiger partial charge in [0.2, 0.25) is 0 Å². The molecule has 1 aliphatic heterocycles. The van der Waals surface area contributed by atoms with Crippen LogP contribution in [0.3, 0.4) is 0 Å². The van der Waals surface area contributed by atoms with E-state index < -0.39 is 6.36 Å². The number of alkyl halides is 3. The number of piperazine rings is 1. The molecule has 1 heterocycles. The molecule has 8 heteroatoms. The van der Waals surface area contributed by atoms with Gasteiger partial charge in [0.25, 0.3) is 5.91 Å². The van der Waals surface area contributed by atoms with Crippen molar-refractivity contribution in [2.45, 2.75) is 6.36 Å². The third-order valence-electron chi connectivity index (χ3n) is 3.78. The summed E-state index contributed by atoms with van der Waals surface area (Å²) in [5, 5.41) is 2.75. The summed E-state index contributed by atoms with van der Waals surface area (Å²) in [6.45, 7) is 5.94. The van der Waals surface area contributed by atoms with Crippen LogP contribution >= 0.6 is 0 Å². The Hall–Kier alpha value is -2.92. The van der Waals surface area contributed by atoms with Gasteiger partial charge in [-0.25, -0.2) is 0 Å². The standard InChI is InChI=1S/C20H22F3N3O2/c1-15(16-7-6-8-17(14-16)28-20(21,22)23)13-18-19(27)24-9-12-26(18)11-5-4-10-25(2)3/h6-8,13-14H,1,9-12H2,2-3H3,(H,24,27)/b18-13-. The first-order valence-electron chi connectivity index (χ1n) is 8.56. The Labute approximate surface area is 162 Å². The van der Waals surface area contributed by atoms with Crippen molar-refractivity contribution in [3.8, 4) is 17.6 Å². The van der Waals surface area contributed by atoms with Gasteiger partial charge < -0.3 is 15.0 Å². The number of carbonyl (C=O) groups excluding carboxylic acids is 1. The number of allylic oxidation sites excluding steroid dienone is 2. The van der Waals surface area contributed by atoms with Crippen molar-refractivity contribution in [1.29, 1.82) is 0 Å². The Morgan fingerprint density at radius 1 is 1.39 bits per heavy atom. The average Bonchev–Trinajstić information content (AvgIpc) is 2.59. The molecule has 0 radical (unpaired) electrons. The number of hydrogen-bond donors (Lipinski definition) is 1. The van der Waals surface area contributed by atoms with Gasteiger partial charge in [-0.3, -0.25) is 9.69 Å². The molecule has 0 unspecified atom stereocenters. The van der Waals surface area contributed by atoms with Crippen LogP contribution in [0, 0.1) is 11.8 Å². The Morgan fingerprint density at radius 2 is 2.14 bits per heavy atom. The maximum absolute atomic E-state index is 12.4. The largest absolute Gasteiger partial charge is 0.573 e. The van der Waals surface area contributed by atoms with Crippen molar-refractivity contribution >= 4 is 11.5 Å². The molecule has 1 fully saturated rings. The number of benzene rings is 1. The monoisotopic (exact) mass is 393 g/mol. The third-order valence-corrected chi connectivity index (χ3v) is 3.78. The van der Waals surface area contributed by atoms with Crippen LogP contribution in [0.2, 0.25) is 0 Å². The predicted molar refractivity (Wildman–Crippen MR) is 101 cm³/mol. The molecule has 0 aliphatic carbocycles. The predicted octanol–water partition coefficient (Wildman–Crippen LogP) is 2.48. The van der Waals surface area contributed by atoms with E-state index in [1.165, 1.54) is 18.2 Å². The Bertz CT molecular complexity index is 820. The van der Waals surface area contributed by atoms with E-state index in [0.717, 1.165) is 0 Å². The summed E-state index contributed by atoms with van der Waals surface area (Å²) in [4.78, 5) is 16.0. The number of halogens is 3. The lowest BCUT2D eigenvalue weighted by Gasteiger charge is -2.29. The summed E-state index contributed by atoms with van der Waals surface area (Å²) in [5.41, 5.74) is 1.19. The quantitative estimate of drug-likeness (QED) is 0.617. The number of rotatable bonds is 5. The van der Waals surface area contributed by atoms with Gasteiger partial charge in [0.05, 0.1) is 13.1 Å². The Balaban J connectivity index is 2.19. The zero-order chi connectivity index (χ0) is 20.7. The molecular formula is C20H22F3N3O2. The van der Waals surface area contributed by atoms with Gasteiger partial charge in [0, 0.05) is 13.1 Å². The summed E-state index contributed by atoms with van der Waals surface area (Å²) in [6.07, 6.45) is -3.22. The smallest absolute Gasteiger partial charge is 0.406 e. The molecule has 1 amide bonds.